The fourth-order valence-electron chi connectivity index (χ4n) is 3.77. The second-order valence-electron chi connectivity index (χ2n) is 8.15. The molecule has 0 bridgehead atoms. The number of halogens is 3. The monoisotopic (exact) mass is 502 g/mol. The average molecular weight is 502 g/mol. The Kier molecular flexibility index (Phi) is 10.8. The van der Waals surface area contributed by atoms with Crippen LogP contribution >= 0.6 is 24.0 Å². The smallest absolute Gasteiger partial charge is 0.251 e. The van der Waals surface area contributed by atoms with Crippen molar-refractivity contribution in [2.24, 2.45) is 10.4 Å². The summed E-state index contributed by atoms with van der Waals surface area (Å²) in [6.07, 6.45) is 3.03. The van der Waals surface area contributed by atoms with Gasteiger partial charge in [0.15, 0.2) is 5.96 Å². The van der Waals surface area contributed by atoms with Gasteiger partial charge in [0, 0.05) is 44.2 Å². The van der Waals surface area contributed by atoms with Crippen molar-refractivity contribution in [3.05, 3.63) is 0 Å². The maximum Gasteiger partial charge on any atom is 0.251 e. The number of rotatable bonds is 8. The molecule has 5 nitrogen and oxygen atoms in total. The maximum absolute atomic E-state index is 12.5. The molecule has 1 saturated heterocycles. The van der Waals surface area contributed by atoms with Crippen LogP contribution in [0.2, 0.25) is 0 Å². The molecule has 8 heteroatoms. The minimum Gasteiger partial charge on any atom is -0.378 e. The molecule has 1 aliphatic heterocycles. The summed E-state index contributed by atoms with van der Waals surface area (Å²) in [6.45, 7) is 8.79. The maximum atomic E-state index is 12.5. The molecule has 2 unspecified atom stereocenters. The first kappa shape index (κ1) is 24.8. The van der Waals surface area contributed by atoms with E-state index in [4.69, 9.17) is 4.74 Å². The largest absolute Gasteiger partial charge is 0.378 e. The number of nitrogens with one attached hydrogen (secondary N) is 2. The molecule has 27 heavy (non-hydrogen) atoms. The van der Waals surface area contributed by atoms with Crippen molar-refractivity contribution in [1.29, 1.82) is 0 Å². The Bertz CT molecular complexity index is 457. The van der Waals surface area contributed by atoms with Crippen LogP contribution < -0.4 is 10.6 Å². The fourth-order valence-corrected chi connectivity index (χ4v) is 3.77. The molecule has 1 heterocycles. The highest BCUT2D eigenvalue weighted by Gasteiger charge is 2.49. The number of piperidine rings is 1. The number of nitrogens with zero attached hydrogens (tertiary/aromatic N) is 2. The number of unbranched alkanes of at least 4 members (excludes halogenated alkanes) is 1. The SMILES string of the molecule is CCCCOC1CC(NC(=NC)NC2CCN(CC(F)F)CC2)C1(C)C.I. The molecule has 2 aliphatic rings. The highest BCUT2D eigenvalue weighted by molar-refractivity contribution is 14.0. The molecule has 2 atom stereocenters. The highest BCUT2D eigenvalue weighted by Crippen LogP contribution is 2.42. The molecule has 160 valence electrons. The molecule has 0 amide bonds. The molecule has 1 aliphatic carbocycles. The van der Waals surface area contributed by atoms with E-state index in [0.717, 1.165) is 44.7 Å². The molecule has 1 saturated carbocycles. The van der Waals surface area contributed by atoms with E-state index in [1.165, 1.54) is 0 Å². The lowest BCUT2D eigenvalue weighted by molar-refractivity contribution is -0.113. The van der Waals surface area contributed by atoms with Gasteiger partial charge in [-0.05, 0) is 25.7 Å². The molecule has 2 N–H and O–H groups in total. The van der Waals surface area contributed by atoms with Gasteiger partial charge in [0.2, 0.25) is 0 Å². The summed E-state index contributed by atoms with van der Waals surface area (Å²) in [5.74, 6) is 0.808. The van der Waals surface area contributed by atoms with Gasteiger partial charge in [-0.3, -0.25) is 9.89 Å². The summed E-state index contributed by atoms with van der Waals surface area (Å²) in [5.41, 5.74) is 0.0754. The summed E-state index contributed by atoms with van der Waals surface area (Å²) >= 11 is 0. The summed E-state index contributed by atoms with van der Waals surface area (Å²) in [4.78, 5) is 6.20. The number of alkyl halides is 2. The van der Waals surface area contributed by atoms with Crippen molar-refractivity contribution >= 4 is 29.9 Å². The molecular weight excluding hydrogens is 465 g/mol. The van der Waals surface area contributed by atoms with Crippen LogP contribution in [0.15, 0.2) is 4.99 Å². The first-order chi connectivity index (χ1) is 12.4. The lowest BCUT2D eigenvalue weighted by atomic mass is 9.64. The molecule has 2 rings (SSSR count). The zero-order valence-corrected chi connectivity index (χ0v) is 19.5. The van der Waals surface area contributed by atoms with Crippen molar-refractivity contribution in [2.45, 2.75) is 77.5 Å². The molecule has 0 radical (unpaired) electrons. The third-order valence-corrected chi connectivity index (χ3v) is 5.85. The lowest BCUT2D eigenvalue weighted by Gasteiger charge is -2.52. The van der Waals surface area contributed by atoms with Gasteiger partial charge < -0.3 is 15.4 Å². The van der Waals surface area contributed by atoms with Crippen LogP contribution in [0.3, 0.4) is 0 Å². The van der Waals surface area contributed by atoms with E-state index in [-0.39, 0.29) is 42.0 Å². The average Bonchev–Trinajstić information content (AvgIpc) is 2.60. The van der Waals surface area contributed by atoms with E-state index in [9.17, 15) is 8.78 Å². The Morgan fingerprint density at radius 3 is 2.44 bits per heavy atom. The Labute approximate surface area is 180 Å². The Hall–Kier alpha value is -0.220. The molecule has 0 spiro atoms. The summed E-state index contributed by atoms with van der Waals surface area (Å²) < 4.78 is 31.0. The van der Waals surface area contributed by atoms with E-state index in [0.29, 0.717) is 25.2 Å². The van der Waals surface area contributed by atoms with Crippen molar-refractivity contribution in [1.82, 2.24) is 15.5 Å². The van der Waals surface area contributed by atoms with Crippen LogP contribution in [0.5, 0.6) is 0 Å². The summed E-state index contributed by atoms with van der Waals surface area (Å²) in [7, 11) is 1.78. The molecule has 2 fully saturated rings. The Morgan fingerprint density at radius 1 is 1.26 bits per heavy atom. The molecule has 0 aromatic heterocycles. The van der Waals surface area contributed by atoms with Gasteiger partial charge in [0.05, 0.1) is 12.6 Å². The van der Waals surface area contributed by atoms with E-state index in [2.05, 4.69) is 36.4 Å². The molecular formula is C19H37F2IN4O. The molecule has 0 aromatic rings. The second-order valence-corrected chi connectivity index (χ2v) is 8.15. The van der Waals surface area contributed by atoms with Gasteiger partial charge in [-0.2, -0.15) is 0 Å². The van der Waals surface area contributed by atoms with Gasteiger partial charge in [0.25, 0.3) is 6.43 Å². The quantitative estimate of drug-likeness (QED) is 0.231. The van der Waals surface area contributed by atoms with Crippen molar-refractivity contribution < 1.29 is 13.5 Å². The zero-order valence-electron chi connectivity index (χ0n) is 17.1. The van der Waals surface area contributed by atoms with Crippen LogP contribution in [0.25, 0.3) is 0 Å². The Balaban J connectivity index is 0.00000364. The third-order valence-electron chi connectivity index (χ3n) is 5.85. The van der Waals surface area contributed by atoms with Crippen LogP contribution in [0.1, 0.15) is 52.9 Å². The summed E-state index contributed by atoms with van der Waals surface area (Å²) in [6, 6.07) is 0.620. The van der Waals surface area contributed by atoms with Gasteiger partial charge in [-0.1, -0.05) is 27.2 Å². The van der Waals surface area contributed by atoms with E-state index in [1.807, 2.05) is 4.90 Å². The number of likely N-dealkylation sites (tertiary alicyclic amines) is 1. The first-order valence-corrected chi connectivity index (χ1v) is 9.98. The van der Waals surface area contributed by atoms with Gasteiger partial charge in [0.1, 0.15) is 0 Å². The van der Waals surface area contributed by atoms with Crippen LogP contribution in [0, 0.1) is 5.41 Å². The number of hydrogen-bond donors (Lipinski definition) is 2. The standard InChI is InChI=1S/C19H36F2N4O.HI/c1-5-6-11-26-16-12-15(19(16,2)3)24-18(22-4)23-14-7-9-25(10-8-14)13-17(20)21;/h14-17H,5-13H2,1-4H3,(H2,22,23,24);1H. The van der Waals surface area contributed by atoms with Crippen LogP contribution in [-0.4, -0.2) is 68.8 Å². The number of ether oxygens (including phenoxy) is 1. The predicted octanol–water partition coefficient (Wildman–Crippen LogP) is 3.48. The van der Waals surface area contributed by atoms with E-state index in [1.54, 1.807) is 7.05 Å². The minimum absolute atomic E-state index is 0. The van der Waals surface area contributed by atoms with Crippen LogP contribution in [-0.2, 0) is 4.74 Å². The van der Waals surface area contributed by atoms with Gasteiger partial charge >= 0.3 is 0 Å². The van der Waals surface area contributed by atoms with Crippen molar-refractivity contribution in [3.63, 3.8) is 0 Å². The fraction of sp³-hybridized carbons (Fsp3) is 0.947. The third kappa shape index (κ3) is 7.27. The van der Waals surface area contributed by atoms with Crippen molar-refractivity contribution in [3.8, 4) is 0 Å². The predicted molar refractivity (Wildman–Crippen MR) is 117 cm³/mol. The first-order valence-electron chi connectivity index (χ1n) is 9.98. The zero-order chi connectivity index (χ0) is 19.2. The topological polar surface area (TPSA) is 48.9 Å². The van der Waals surface area contributed by atoms with E-state index < -0.39 is 6.43 Å². The normalized spacial score (nSPS) is 26.4. The second kappa shape index (κ2) is 11.7. The van der Waals surface area contributed by atoms with Gasteiger partial charge in [-0.15, -0.1) is 24.0 Å². The number of hydrogen-bond acceptors (Lipinski definition) is 3. The van der Waals surface area contributed by atoms with Crippen molar-refractivity contribution in [2.75, 3.05) is 33.3 Å². The lowest BCUT2D eigenvalue weighted by Crippen LogP contribution is -2.64. The van der Waals surface area contributed by atoms with E-state index >= 15 is 0 Å². The number of aliphatic imine (C=N–C) groups is 1. The Morgan fingerprint density at radius 2 is 1.93 bits per heavy atom. The summed E-state index contributed by atoms with van der Waals surface area (Å²) in [5, 5.41) is 7.00. The minimum atomic E-state index is -2.25. The van der Waals surface area contributed by atoms with Gasteiger partial charge in [-0.25, -0.2) is 8.78 Å². The highest BCUT2D eigenvalue weighted by atomic mass is 127. The number of guanidine groups is 1. The molecule has 0 aromatic carbocycles. The van der Waals surface area contributed by atoms with Crippen LogP contribution in [0.4, 0.5) is 8.78 Å².